The summed E-state index contributed by atoms with van der Waals surface area (Å²) in [5, 5.41) is 23.6. The van der Waals surface area contributed by atoms with Gasteiger partial charge < -0.3 is 20.8 Å². The van der Waals surface area contributed by atoms with Crippen LogP contribution in [0.2, 0.25) is 0 Å². The van der Waals surface area contributed by atoms with Crippen molar-refractivity contribution in [2.75, 3.05) is 30.4 Å². The number of nitrogens with one attached hydrogen (secondary N) is 2. The van der Waals surface area contributed by atoms with Gasteiger partial charge in [-0.15, -0.1) is 0 Å². The predicted molar refractivity (Wildman–Crippen MR) is 57.8 cm³/mol. The molecule has 0 atom stereocenters. The third kappa shape index (κ3) is 3.69. The maximum absolute atomic E-state index is 8.87. The van der Waals surface area contributed by atoms with Crippen LogP contribution in [0.15, 0.2) is 12.4 Å². The largest absolute Gasteiger partial charge is 0.394 e. The first-order chi connectivity index (χ1) is 7.30. The Bertz CT molecular complexity index is 291. The van der Waals surface area contributed by atoms with Gasteiger partial charge in [0.2, 0.25) is 0 Å². The topological polar surface area (TPSA) is 90.3 Å². The van der Waals surface area contributed by atoms with E-state index >= 15 is 0 Å². The van der Waals surface area contributed by atoms with Crippen LogP contribution in [-0.4, -0.2) is 46.0 Å². The Labute approximate surface area is 88.4 Å². The standard InChI is InChI=1S/C9H16N4O2/c1-2-11-8-3-10-4-9(13-8)12-7(5-14)6-15/h3-4,7,14-15H,2,5-6H2,1H3,(H2,11,12,13). The van der Waals surface area contributed by atoms with Gasteiger partial charge in [-0.1, -0.05) is 0 Å². The summed E-state index contributed by atoms with van der Waals surface area (Å²) in [6, 6.07) is -0.406. The van der Waals surface area contributed by atoms with Crippen molar-refractivity contribution in [3.8, 4) is 0 Å². The number of hydrogen-bond donors (Lipinski definition) is 4. The van der Waals surface area contributed by atoms with Crippen molar-refractivity contribution in [2.45, 2.75) is 13.0 Å². The molecule has 84 valence electrons. The lowest BCUT2D eigenvalue weighted by Crippen LogP contribution is -2.28. The molecule has 0 aliphatic heterocycles. The molecule has 15 heavy (non-hydrogen) atoms. The minimum absolute atomic E-state index is 0.149. The number of rotatable bonds is 6. The van der Waals surface area contributed by atoms with Crippen LogP contribution in [0.1, 0.15) is 6.92 Å². The highest BCUT2D eigenvalue weighted by Crippen LogP contribution is 2.07. The fourth-order valence-corrected chi connectivity index (χ4v) is 1.06. The summed E-state index contributed by atoms with van der Waals surface area (Å²) < 4.78 is 0. The number of nitrogens with zero attached hydrogens (tertiary/aromatic N) is 2. The van der Waals surface area contributed by atoms with Gasteiger partial charge in [0, 0.05) is 6.54 Å². The van der Waals surface area contributed by atoms with Gasteiger partial charge in [0.1, 0.15) is 11.6 Å². The van der Waals surface area contributed by atoms with Gasteiger partial charge >= 0.3 is 0 Å². The van der Waals surface area contributed by atoms with Crippen molar-refractivity contribution in [2.24, 2.45) is 0 Å². The number of aliphatic hydroxyl groups is 2. The van der Waals surface area contributed by atoms with Crippen molar-refractivity contribution in [1.29, 1.82) is 0 Å². The molecule has 0 unspecified atom stereocenters. The molecule has 0 bridgehead atoms. The summed E-state index contributed by atoms with van der Waals surface area (Å²) in [4.78, 5) is 8.17. The Hall–Kier alpha value is -1.40. The molecule has 0 aromatic carbocycles. The van der Waals surface area contributed by atoms with Crippen molar-refractivity contribution in [1.82, 2.24) is 9.97 Å². The highest BCUT2D eigenvalue weighted by atomic mass is 16.3. The lowest BCUT2D eigenvalue weighted by molar-refractivity contribution is 0.203. The molecule has 1 heterocycles. The summed E-state index contributed by atoms with van der Waals surface area (Å²) in [5.74, 6) is 1.19. The molecule has 4 N–H and O–H groups in total. The van der Waals surface area contributed by atoms with Gasteiger partial charge in [-0.2, -0.15) is 0 Å². The fraction of sp³-hybridized carbons (Fsp3) is 0.556. The molecule has 0 radical (unpaired) electrons. The van der Waals surface area contributed by atoms with E-state index in [9.17, 15) is 0 Å². The zero-order chi connectivity index (χ0) is 11.1. The van der Waals surface area contributed by atoms with Crippen molar-refractivity contribution >= 4 is 11.6 Å². The molecular formula is C9H16N4O2. The minimum Gasteiger partial charge on any atom is -0.394 e. The first-order valence-electron chi connectivity index (χ1n) is 4.84. The zero-order valence-corrected chi connectivity index (χ0v) is 8.64. The molecule has 0 spiro atoms. The van der Waals surface area contributed by atoms with Gasteiger partial charge in [0.05, 0.1) is 31.6 Å². The quantitative estimate of drug-likeness (QED) is 0.516. The van der Waals surface area contributed by atoms with E-state index in [1.807, 2.05) is 6.92 Å². The van der Waals surface area contributed by atoms with Crippen molar-refractivity contribution < 1.29 is 10.2 Å². The molecule has 6 nitrogen and oxygen atoms in total. The Morgan fingerprint density at radius 3 is 2.53 bits per heavy atom. The van der Waals surface area contributed by atoms with Gasteiger partial charge in [-0.05, 0) is 6.92 Å². The molecule has 0 fully saturated rings. The van der Waals surface area contributed by atoms with Gasteiger partial charge in [0.15, 0.2) is 0 Å². The van der Waals surface area contributed by atoms with Crippen LogP contribution in [0, 0.1) is 0 Å². The SMILES string of the molecule is CCNc1cncc(NC(CO)CO)n1. The predicted octanol–water partition coefficient (Wildman–Crippen LogP) is -0.327. The van der Waals surface area contributed by atoms with E-state index in [2.05, 4.69) is 20.6 Å². The summed E-state index contributed by atoms with van der Waals surface area (Å²) in [6.45, 7) is 2.43. The van der Waals surface area contributed by atoms with E-state index in [1.165, 1.54) is 0 Å². The van der Waals surface area contributed by atoms with Crippen LogP contribution in [0.4, 0.5) is 11.6 Å². The summed E-state index contributed by atoms with van der Waals surface area (Å²) in [7, 11) is 0. The van der Waals surface area contributed by atoms with E-state index in [0.29, 0.717) is 11.6 Å². The third-order valence-electron chi connectivity index (χ3n) is 1.79. The Morgan fingerprint density at radius 1 is 1.27 bits per heavy atom. The summed E-state index contributed by atoms with van der Waals surface area (Å²) >= 11 is 0. The number of hydrogen-bond acceptors (Lipinski definition) is 6. The van der Waals surface area contributed by atoms with Crippen LogP contribution in [0.3, 0.4) is 0 Å². The Balaban J connectivity index is 2.64. The number of aromatic nitrogens is 2. The normalized spacial score (nSPS) is 10.4. The molecule has 1 aromatic rings. The van der Waals surface area contributed by atoms with Crippen LogP contribution >= 0.6 is 0 Å². The molecular weight excluding hydrogens is 196 g/mol. The van der Waals surface area contributed by atoms with E-state index in [-0.39, 0.29) is 13.2 Å². The van der Waals surface area contributed by atoms with Crippen LogP contribution in [0.5, 0.6) is 0 Å². The maximum Gasteiger partial charge on any atom is 0.147 e. The lowest BCUT2D eigenvalue weighted by Gasteiger charge is -2.14. The molecule has 1 aromatic heterocycles. The third-order valence-corrected chi connectivity index (χ3v) is 1.79. The first-order valence-corrected chi connectivity index (χ1v) is 4.84. The summed E-state index contributed by atoms with van der Waals surface area (Å²) in [5.41, 5.74) is 0. The molecule has 0 saturated heterocycles. The number of aliphatic hydroxyl groups excluding tert-OH is 2. The maximum atomic E-state index is 8.87. The van der Waals surface area contributed by atoms with Crippen LogP contribution < -0.4 is 10.6 Å². The molecule has 1 rings (SSSR count). The van der Waals surface area contributed by atoms with Gasteiger partial charge in [-0.3, -0.25) is 4.98 Å². The molecule has 0 saturated carbocycles. The number of anilines is 2. The first kappa shape index (κ1) is 11.7. The second-order valence-electron chi connectivity index (χ2n) is 3.03. The Morgan fingerprint density at radius 2 is 1.93 bits per heavy atom. The smallest absolute Gasteiger partial charge is 0.147 e. The second kappa shape index (κ2) is 6.15. The average Bonchev–Trinajstić information content (AvgIpc) is 2.27. The fourth-order valence-electron chi connectivity index (χ4n) is 1.06. The molecule has 0 aliphatic carbocycles. The monoisotopic (exact) mass is 212 g/mol. The van der Waals surface area contributed by atoms with Crippen LogP contribution in [0.25, 0.3) is 0 Å². The van der Waals surface area contributed by atoms with E-state index < -0.39 is 6.04 Å². The van der Waals surface area contributed by atoms with Gasteiger partial charge in [-0.25, -0.2) is 4.98 Å². The average molecular weight is 212 g/mol. The van der Waals surface area contributed by atoms with Crippen molar-refractivity contribution in [3.63, 3.8) is 0 Å². The van der Waals surface area contributed by atoms with E-state index in [0.717, 1.165) is 6.54 Å². The second-order valence-corrected chi connectivity index (χ2v) is 3.03. The van der Waals surface area contributed by atoms with Crippen molar-refractivity contribution in [3.05, 3.63) is 12.4 Å². The van der Waals surface area contributed by atoms with E-state index in [4.69, 9.17) is 10.2 Å². The zero-order valence-electron chi connectivity index (χ0n) is 8.64. The van der Waals surface area contributed by atoms with E-state index in [1.54, 1.807) is 12.4 Å². The lowest BCUT2D eigenvalue weighted by atomic mass is 10.3. The molecule has 0 aliphatic rings. The summed E-state index contributed by atoms with van der Waals surface area (Å²) in [6.07, 6.45) is 3.15. The highest BCUT2D eigenvalue weighted by molar-refractivity contribution is 5.42. The molecule has 6 heteroatoms. The van der Waals surface area contributed by atoms with Gasteiger partial charge in [0.25, 0.3) is 0 Å². The highest BCUT2D eigenvalue weighted by Gasteiger charge is 2.06. The van der Waals surface area contributed by atoms with Crippen LogP contribution in [-0.2, 0) is 0 Å². The Kier molecular flexibility index (Phi) is 4.79. The molecule has 0 amide bonds. The minimum atomic E-state index is -0.406.